The van der Waals surface area contributed by atoms with E-state index < -0.39 is 11.7 Å². The molecule has 0 N–H and O–H groups in total. The van der Waals surface area contributed by atoms with Crippen molar-refractivity contribution in [2.24, 2.45) is 4.99 Å². The van der Waals surface area contributed by atoms with Gasteiger partial charge in [0.25, 0.3) is 5.91 Å². The van der Waals surface area contributed by atoms with Crippen molar-refractivity contribution in [3.05, 3.63) is 100 Å². The van der Waals surface area contributed by atoms with Crippen LogP contribution in [0, 0.1) is 0 Å². The van der Waals surface area contributed by atoms with Crippen molar-refractivity contribution < 1.29 is 22.7 Å². The molecule has 37 heavy (non-hydrogen) atoms. The predicted molar refractivity (Wildman–Crippen MR) is 140 cm³/mol. The SMILES string of the molecule is O=C1N=C(N2CCN(c3cccc(C(F)(F)F)c3)CC2)S/C1=C/c1ccc(OCc2ccccc2)cc1. The lowest BCUT2D eigenvalue weighted by atomic mass is 10.1. The van der Waals surface area contributed by atoms with Gasteiger partial charge in [-0.3, -0.25) is 4.79 Å². The fourth-order valence-electron chi connectivity index (χ4n) is 4.12. The highest BCUT2D eigenvalue weighted by Gasteiger charge is 2.32. The van der Waals surface area contributed by atoms with Crippen LogP contribution in [0.1, 0.15) is 16.7 Å². The van der Waals surface area contributed by atoms with E-state index in [9.17, 15) is 18.0 Å². The maximum Gasteiger partial charge on any atom is 0.416 e. The molecular formula is C28H24F3N3O2S. The Kier molecular flexibility index (Phi) is 7.23. The number of carbonyl (C=O) groups is 1. The van der Waals surface area contributed by atoms with Gasteiger partial charge in [-0.2, -0.15) is 18.2 Å². The Labute approximate surface area is 217 Å². The van der Waals surface area contributed by atoms with Crippen LogP contribution in [0.25, 0.3) is 6.08 Å². The fourth-order valence-corrected chi connectivity index (χ4v) is 5.09. The van der Waals surface area contributed by atoms with Crippen LogP contribution >= 0.6 is 11.8 Å². The number of carbonyl (C=O) groups excluding carboxylic acids is 1. The van der Waals surface area contributed by atoms with Crippen molar-refractivity contribution in [2.75, 3.05) is 31.1 Å². The number of thioether (sulfide) groups is 1. The van der Waals surface area contributed by atoms with Gasteiger partial charge >= 0.3 is 6.18 Å². The third-order valence-electron chi connectivity index (χ3n) is 6.12. The second-order valence-electron chi connectivity index (χ2n) is 8.68. The summed E-state index contributed by atoms with van der Waals surface area (Å²) in [7, 11) is 0. The molecule has 1 saturated heterocycles. The molecular weight excluding hydrogens is 499 g/mol. The maximum absolute atomic E-state index is 13.1. The van der Waals surface area contributed by atoms with Crippen LogP contribution in [-0.2, 0) is 17.6 Å². The van der Waals surface area contributed by atoms with Crippen molar-refractivity contribution in [1.82, 2.24) is 4.90 Å². The first-order chi connectivity index (χ1) is 17.8. The number of aliphatic imine (C=N–C) groups is 1. The highest BCUT2D eigenvalue weighted by Crippen LogP contribution is 2.33. The summed E-state index contributed by atoms with van der Waals surface area (Å²) in [4.78, 5) is 21.2. The highest BCUT2D eigenvalue weighted by atomic mass is 32.2. The van der Waals surface area contributed by atoms with E-state index in [0.29, 0.717) is 48.5 Å². The second kappa shape index (κ2) is 10.7. The minimum atomic E-state index is -4.37. The molecule has 1 fully saturated rings. The first kappa shape index (κ1) is 25.0. The van der Waals surface area contributed by atoms with E-state index in [-0.39, 0.29) is 5.91 Å². The summed E-state index contributed by atoms with van der Waals surface area (Å²) < 4.78 is 45.0. The predicted octanol–water partition coefficient (Wildman–Crippen LogP) is 6.08. The van der Waals surface area contributed by atoms with Crippen LogP contribution in [0.4, 0.5) is 18.9 Å². The largest absolute Gasteiger partial charge is 0.489 e. The van der Waals surface area contributed by atoms with Crippen molar-refractivity contribution in [1.29, 1.82) is 0 Å². The number of benzene rings is 3. The number of anilines is 1. The third-order valence-corrected chi connectivity index (χ3v) is 7.17. The minimum Gasteiger partial charge on any atom is -0.489 e. The molecule has 1 amide bonds. The zero-order chi connectivity index (χ0) is 25.8. The van der Waals surface area contributed by atoms with E-state index in [1.54, 1.807) is 6.07 Å². The molecule has 2 aliphatic heterocycles. The molecule has 0 aromatic heterocycles. The maximum atomic E-state index is 13.1. The normalized spacial score (nSPS) is 17.3. The highest BCUT2D eigenvalue weighted by molar-refractivity contribution is 8.18. The molecule has 0 bridgehead atoms. The zero-order valence-corrected chi connectivity index (χ0v) is 20.6. The van der Waals surface area contributed by atoms with Crippen molar-refractivity contribution in [2.45, 2.75) is 12.8 Å². The van der Waals surface area contributed by atoms with Crippen LogP contribution in [0.2, 0.25) is 0 Å². The lowest BCUT2D eigenvalue weighted by Crippen LogP contribution is -2.47. The summed E-state index contributed by atoms with van der Waals surface area (Å²) in [6.45, 7) is 2.69. The van der Waals surface area contributed by atoms with Crippen LogP contribution in [0.5, 0.6) is 5.75 Å². The fraction of sp³-hybridized carbons (Fsp3) is 0.214. The van der Waals surface area contributed by atoms with E-state index >= 15 is 0 Å². The van der Waals surface area contributed by atoms with Gasteiger partial charge in [0.2, 0.25) is 0 Å². The lowest BCUT2D eigenvalue weighted by Gasteiger charge is -2.36. The first-order valence-corrected chi connectivity index (χ1v) is 12.6. The summed E-state index contributed by atoms with van der Waals surface area (Å²) in [5.41, 5.74) is 1.85. The molecule has 9 heteroatoms. The Morgan fingerprint density at radius 2 is 1.59 bits per heavy atom. The number of halogens is 3. The van der Waals surface area contributed by atoms with Gasteiger partial charge < -0.3 is 14.5 Å². The zero-order valence-electron chi connectivity index (χ0n) is 19.8. The Morgan fingerprint density at radius 3 is 2.30 bits per heavy atom. The number of hydrogen-bond donors (Lipinski definition) is 0. The third kappa shape index (κ3) is 6.17. The lowest BCUT2D eigenvalue weighted by molar-refractivity contribution is -0.137. The Hall–Kier alpha value is -3.72. The molecule has 2 heterocycles. The monoisotopic (exact) mass is 523 g/mol. The van der Waals surface area contributed by atoms with Gasteiger partial charge in [0.05, 0.1) is 10.5 Å². The van der Waals surface area contributed by atoms with Crippen LogP contribution in [0.15, 0.2) is 88.8 Å². The quantitative estimate of drug-likeness (QED) is 0.380. The Balaban J connectivity index is 1.16. The standard InChI is InChI=1S/C28H24F3N3O2S/c29-28(30,31)22-7-4-8-23(18-22)33-13-15-34(16-14-33)27-32-26(35)25(37-27)17-20-9-11-24(12-10-20)36-19-21-5-2-1-3-6-21/h1-12,17-18H,13-16,19H2/b25-17+. The topological polar surface area (TPSA) is 45.1 Å². The van der Waals surface area contributed by atoms with Gasteiger partial charge in [0.1, 0.15) is 12.4 Å². The first-order valence-electron chi connectivity index (χ1n) is 11.8. The molecule has 0 saturated carbocycles. The van der Waals surface area contributed by atoms with Crippen molar-refractivity contribution >= 4 is 34.6 Å². The van der Waals surface area contributed by atoms with Gasteiger partial charge in [-0.15, -0.1) is 0 Å². The Bertz CT molecular complexity index is 1320. The van der Waals surface area contributed by atoms with Gasteiger partial charge in [-0.25, -0.2) is 0 Å². The molecule has 2 aliphatic rings. The molecule has 5 rings (SSSR count). The summed E-state index contributed by atoms with van der Waals surface area (Å²) in [5.74, 6) is 0.455. The number of amides is 1. The molecule has 0 aliphatic carbocycles. The number of nitrogens with zero attached hydrogens (tertiary/aromatic N) is 3. The number of alkyl halides is 3. The van der Waals surface area contributed by atoms with E-state index in [2.05, 4.69) is 4.99 Å². The summed E-state index contributed by atoms with van der Waals surface area (Å²) in [5, 5.41) is 0.628. The molecule has 0 spiro atoms. The average Bonchev–Trinajstić information content (AvgIpc) is 3.28. The van der Waals surface area contributed by atoms with E-state index in [0.717, 1.165) is 22.9 Å². The molecule has 0 radical (unpaired) electrons. The smallest absolute Gasteiger partial charge is 0.416 e. The second-order valence-corrected chi connectivity index (χ2v) is 9.68. The van der Waals surface area contributed by atoms with Gasteiger partial charge in [-0.1, -0.05) is 48.5 Å². The Morgan fingerprint density at radius 1 is 0.892 bits per heavy atom. The summed E-state index contributed by atoms with van der Waals surface area (Å²) >= 11 is 1.32. The number of hydrogen-bond acceptors (Lipinski definition) is 5. The van der Waals surface area contributed by atoms with Crippen LogP contribution in [0.3, 0.4) is 0 Å². The van der Waals surface area contributed by atoms with E-state index in [1.165, 1.54) is 23.9 Å². The number of amidine groups is 1. The number of ether oxygens (including phenoxy) is 1. The van der Waals surface area contributed by atoms with Gasteiger partial charge in [-0.05, 0) is 59.3 Å². The van der Waals surface area contributed by atoms with Gasteiger partial charge in [0.15, 0.2) is 5.17 Å². The summed E-state index contributed by atoms with van der Waals surface area (Å²) in [6, 6.07) is 22.8. The molecule has 0 atom stereocenters. The molecule has 5 nitrogen and oxygen atoms in total. The average molecular weight is 524 g/mol. The van der Waals surface area contributed by atoms with Gasteiger partial charge in [0, 0.05) is 31.9 Å². The minimum absolute atomic E-state index is 0.287. The van der Waals surface area contributed by atoms with Crippen LogP contribution < -0.4 is 9.64 Å². The van der Waals surface area contributed by atoms with E-state index in [1.807, 2.05) is 70.5 Å². The summed E-state index contributed by atoms with van der Waals surface area (Å²) in [6.07, 6.45) is -2.56. The number of piperazine rings is 1. The molecule has 190 valence electrons. The molecule has 3 aromatic carbocycles. The van der Waals surface area contributed by atoms with Crippen molar-refractivity contribution in [3.8, 4) is 5.75 Å². The molecule has 3 aromatic rings. The van der Waals surface area contributed by atoms with Crippen LogP contribution in [-0.4, -0.2) is 42.2 Å². The van der Waals surface area contributed by atoms with E-state index in [4.69, 9.17) is 4.74 Å². The molecule has 0 unspecified atom stereocenters. The van der Waals surface area contributed by atoms with Crippen molar-refractivity contribution in [3.63, 3.8) is 0 Å². The number of rotatable bonds is 5.